The minimum atomic E-state index is -3.85. The Morgan fingerprint density at radius 2 is 1.88 bits per heavy atom. The highest BCUT2D eigenvalue weighted by Crippen LogP contribution is 2.27. The fourth-order valence-corrected chi connectivity index (χ4v) is 4.36. The van der Waals surface area contributed by atoms with Crippen molar-refractivity contribution in [3.8, 4) is 0 Å². The number of benzene rings is 1. The number of amides is 2. The first-order chi connectivity index (χ1) is 12.0. The molecule has 2 rings (SSSR count). The SMILES string of the molecule is O=CNS(=O)(=O)c1ccccc1CCNC(=O)CCC1CCCCC1. The fourth-order valence-electron chi connectivity index (χ4n) is 3.34. The molecule has 0 aromatic heterocycles. The molecule has 0 bridgehead atoms. The maximum atomic E-state index is 12.0. The average molecular weight is 366 g/mol. The quantitative estimate of drug-likeness (QED) is 0.655. The van der Waals surface area contributed by atoms with Crippen LogP contribution in [0.4, 0.5) is 0 Å². The molecule has 0 radical (unpaired) electrons. The van der Waals surface area contributed by atoms with Crippen LogP contribution in [0.5, 0.6) is 0 Å². The largest absolute Gasteiger partial charge is 0.356 e. The predicted molar refractivity (Wildman–Crippen MR) is 95.4 cm³/mol. The lowest BCUT2D eigenvalue weighted by molar-refractivity contribution is -0.121. The van der Waals surface area contributed by atoms with Crippen LogP contribution in [0.1, 0.15) is 50.5 Å². The third-order valence-electron chi connectivity index (χ3n) is 4.69. The highest BCUT2D eigenvalue weighted by Gasteiger charge is 2.17. The van der Waals surface area contributed by atoms with Crippen molar-refractivity contribution in [3.05, 3.63) is 29.8 Å². The second-order valence-electron chi connectivity index (χ2n) is 6.49. The van der Waals surface area contributed by atoms with Crippen LogP contribution in [0.3, 0.4) is 0 Å². The molecule has 25 heavy (non-hydrogen) atoms. The second-order valence-corrected chi connectivity index (χ2v) is 8.17. The zero-order chi connectivity index (χ0) is 18.1. The van der Waals surface area contributed by atoms with Gasteiger partial charge in [-0.05, 0) is 30.4 Å². The van der Waals surface area contributed by atoms with Crippen molar-refractivity contribution >= 4 is 22.3 Å². The van der Waals surface area contributed by atoms with Gasteiger partial charge in [-0.2, -0.15) is 0 Å². The molecular weight excluding hydrogens is 340 g/mol. The van der Waals surface area contributed by atoms with Gasteiger partial charge in [0.2, 0.25) is 12.3 Å². The van der Waals surface area contributed by atoms with E-state index >= 15 is 0 Å². The number of carbonyl (C=O) groups excluding carboxylic acids is 2. The summed E-state index contributed by atoms with van der Waals surface area (Å²) in [5.41, 5.74) is 0.574. The standard InChI is InChI=1S/C18H26N2O4S/c21-14-20-25(23,24)17-9-5-4-8-16(17)12-13-19-18(22)11-10-15-6-2-1-3-7-15/h4-5,8-9,14-15H,1-3,6-7,10-13H2,(H,19,22)(H,20,21). The summed E-state index contributed by atoms with van der Waals surface area (Å²) in [7, 11) is -3.85. The maximum Gasteiger partial charge on any atom is 0.264 e. The molecule has 1 saturated carbocycles. The third kappa shape index (κ3) is 6.16. The van der Waals surface area contributed by atoms with Gasteiger partial charge in [0.1, 0.15) is 0 Å². The van der Waals surface area contributed by atoms with E-state index in [-0.39, 0.29) is 17.2 Å². The first-order valence-electron chi connectivity index (χ1n) is 8.83. The van der Waals surface area contributed by atoms with E-state index in [1.165, 1.54) is 38.2 Å². The number of hydrogen-bond acceptors (Lipinski definition) is 4. The Bertz CT molecular complexity index is 682. The summed E-state index contributed by atoms with van der Waals surface area (Å²) in [6.07, 6.45) is 8.30. The molecule has 0 saturated heterocycles. The van der Waals surface area contributed by atoms with Crippen molar-refractivity contribution in [1.82, 2.24) is 10.0 Å². The average Bonchev–Trinajstić information content (AvgIpc) is 2.61. The Kier molecular flexibility index (Phi) is 7.43. The van der Waals surface area contributed by atoms with Gasteiger partial charge in [0.05, 0.1) is 4.90 Å². The topological polar surface area (TPSA) is 92.3 Å². The van der Waals surface area contributed by atoms with Crippen LogP contribution < -0.4 is 10.0 Å². The molecule has 2 amide bonds. The highest BCUT2D eigenvalue weighted by molar-refractivity contribution is 7.90. The maximum absolute atomic E-state index is 12.0. The van der Waals surface area contributed by atoms with Crippen molar-refractivity contribution in [1.29, 1.82) is 0 Å². The van der Waals surface area contributed by atoms with Crippen molar-refractivity contribution in [3.63, 3.8) is 0 Å². The summed E-state index contributed by atoms with van der Waals surface area (Å²) in [6, 6.07) is 6.48. The van der Waals surface area contributed by atoms with Crippen LogP contribution >= 0.6 is 0 Å². The van der Waals surface area contributed by atoms with E-state index in [1.54, 1.807) is 18.2 Å². The summed E-state index contributed by atoms with van der Waals surface area (Å²) in [4.78, 5) is 22.5. The van der Waals surface area contributed by atoms with E-state index in [0.717, 1.165) is 6.42 Å². The molecule has 1 aliphatic rings. The molecule has 2 N–H and O–H groups in total. The number of rotatable bonds is 9. The number of carbonyl (C=O) groups is 2. The van der Waals surface area contributed by atoms with Gasteiger partial charge in [-0.3, -0.25) is 14.3 Å². The Hall–Kier alpha value is -1.89. The first-order valence-corrected chi connectivity index (χ1v) is 10.3. The van der Waals surface area contributed by atoms with Gasteiger partial charge in [0.25, 0.3) is 10.0 Å². The zero-order valence-corrected chi connectivity index (χ0v) is 15.2. The van der Waals surface area contributed by atoms with Crippen molar-refractivity contribution in [2.75, 3.05) is 6.54 Å². The summed E-state index contributed by atoms with van der Waals surface area (Å²) < 4.78 is 25.8. The Labute approximate surface area is 149 Å². The molecule has 1 fully saturated rings. The molecule has 0 unspecified atom stereocenters. The molecule has 1 aromatic carbocycles. The molecule has 7 heteroatoms. The monoisotopic (exact) mass is 366 g/mol. The van der Waals surface area contributed by atoms with E-state index in [1.807, 2.05) is 4.72 Å². The summed E-state index contributed by atoms with van der Waals surface area (Å²) in [6.45, 7) is 0.372. The van der Waals surface area contributed by atoms with Gasteiger partial charge in [-0.15, -0.1) is 0 Å². The lowest BCUT2D eigenvalue weighted by Gasteiger charge is -2.21. The lowest BCUT2D eigenvalue weighted by atomic mass is 9.86. The Morgan fingerprint density at radius 3 is 2.60 bits per heavy atom. The Balaban J connectivity index is 1.81. The van der Waals surface area contributed by atoms with Crippen LogP contribution in [0, 0.1) is 5.92 Å². The normalized spacial score (nSPS) is 15.5. The van der Waals surface area contributed by atoms with E-state index in [2.05, 4.69) is 5.32 Å². The summed E-state index contributed by atoms with van der Waals surface area (Å²) in [5, 5.41) is 2.86. The minimum Gasteiger partial charge on any atom is -0.356 e. The van der Waals surface area contributed by atoms with Crippen molar-refractivity contribution < 1.29 is 18.0 Å². The second kappa shape index (κ2) is 9.56. The molecule has 6 nitrogen and oxygen atoms in total. The van der Waals surface area contributed by atoms with Gasteiger partial charge in [0, 0.05) is 13.0 Å². The summed E-state index contributed by atoms with van der Waals surface area (Å²) >= 11 is 0. The van der Waals surface area contributed by atoms with E-state index in [0.29, 0.717) is 30.9 Å². The molecule has 1 aromatic rings. The van der Waals surface area contributed by atoms with Gasteiger partial charge in [0.15, 0.2) is 0 Å². The number of nitrogens with one attached hydrogen (secondary N) is 2. The Morgan fingerprint density at radius 1 is 1.16 bits per heavy atom. The highest BCUT2D eigenvalue weighted by atomic mass is 32.2. The van der Waals surface area contributed by atoms with Crippen LogP contribution in [0.25, 0.3) is 0 Å². The molecular formula is C18H26N2O4S. The van der Waals surface area contributed by atoms with Crippen molar-refractivity contribution in [2.24, 2.45) is 5.92 Å². The predicted octanol–water partition coefficient (Wildman–Crippen LogP) is 2.14. The number of sulfonamides is 1. The third-order valence-corrected chi connectivity index (χ3v) is 6.07. The van der Waals surface area contributed by atoms with Crippen LogP contribution in [0.15, 0.2) is 29.2 Å². The molecule has 0 atom stereocenters. The first kappa shape index (κ1) is 19.4. The lowest BCUT2D eigenvalue weighted by Crippen LogP contribution is -2.27. The smallest absolute Gasteiger partial charge is 0.264 e. The minimum absolute atomic E-state index is 0.0110. The molecule has 0 spiro atoms. The number of hydrogen-bond donors (Lipinski definition) is 2. The van der Waals surface area contributed by atoms with E-state index in [9.17, 15) is 18.0 Å². The molecule has 0 heterocycles. The van der Waals surface area contributed by atoms with Gasteiger partial charge in [-0.25, -0.2) is 8.42 Å². The van der Waals surface area contributed by atoms with Crippen LogP contribution in [-0.4, -0.2) is 27.3 Å². The van der Waals surface area contributed by atoms with E-state index < -0.39 is 10.0 Å². The van der Waals surface area contributed by atoms with Gasteiger partial charge in [-0.1, -0.05) is 50.3 Å². The van der Waals surface area contributed by atoms with Crippen molar-refractivity contribution in [2.45, 2.75) is 56.3 Å². The van der Waals surface area contributed by atoms with Crippen LogP contribution in [0.2, 0.25) is 0 Å². The molecule has 0 aliphatic heterocycles. The molecule has 1 aliphatic carbocycles. The zero-order valence-electron chi connectivity index (χ0n) is 14.4. The van der Waals surface area contributed by atoms with Gasteiger partial charge >= 0.3 is 0 Å². The summed E-state index contributed by atoms with van der Waals surface area (Å²) in [5.74, 6) is 0.678. The molecule has 138 valence electrons. The van der Waals surface area contributed by atoms with Gasteiger partial charge < -0.3 is 5.32 Å². The fraction of sp³-hybridized carbons (Fsp3) is 0.556. The van der Waals surface area contributed by atoms with E-state index in [4.69, 9.17) is 0 Å². The van der Waals surface area contributed by atoms with Crippen LogP contribution in [-0.2, 0) is 26.0 Å².